The van der Waals surface area contributed by atoms with E-state index in [1.165, 1.54) is 19.3 Å². The van der Waals surface area contributed by atoms with Crippen LogP contribution in [0.1, 0.15) is 46.0 Å². The zero-order valence-electron chi connectivity index (χ0n) is 8.27. The van der Waals surface area contributed by atoms with E-state index in [-0.39, 0.29) is 0 Å². The van der Waals surface area contributed by atoms with Gasteiger partial charge in [-0.15, -0.1) is 0 Å². The Balaban J connectivity index is 2.26. The lowest BCUT2D eigenvalue weighted by atomic mass is 9.70. The van der Waals surface area contributed by atoms with Crippen molar-refractivity contribution in [2.75, 3.05) is 6.54 Å². The van der Waals surface area contributed by atoms with Gasteiger partial charge in [-0.25, -0.2) is 0 Å². The minimum absolute atomic E-state index is 0.484. The van der Waals surface area contributed by atoms with Gasteiger partial charge in [0, 0.05) is 13.0 Å². The first-order valence-corrected chi connectivity index (χ1v) is 4.95. The van der Waals surface area contributed by atoms with Gasteiger partial charge in [0.25, 0.3) is 0 Å². The van der Waals surface area contributed by atoms with E-state index in [4.69, 9.17) is 5.73 Å². The lowest BCUT2D eigenvalue weighted by Gasteiger charge is -2.36. The van der Waals surface area contributed by atoms with Gasteiger partial charge in [-0.2, -0.15) is 0 Å². The monoisotopic (exact) mass is 168 g/mol. The van der Waals surface area contributed by atoms with Crippen LogP contribution in [-0.2, 0) is 0 Å². The third-order valence-corrected chi connectivity index (χ3v) is 2.73. The summed E-state index contributed by atoms with van der Waals surface area (Å²) in [5, 5.41) is 0. The fraction of sp³-hybridized carbons (Fsp3) is 0.900. The van der Waals surface area contributed by atoms with Crippen molar-refractivity contribution in [1.82, 2.24) is 0 Å². The Bertz CT molecular complexity index is 169. The Hall–Kier alpha value is -0.530. The Morgan fingerprint density at radius 3 is 2.58 bits per heavy atom. The maximum absolute atomic E-state index is 5.72. The molecule has 0 bridgehead atoms. The minimum Gasteiger partial charge on any atom is -0.387 e. The number of amidine groups is 1. The van der Waals surface area contributed by atoms with Crippen LogP contribution >= 0.6 is 0 Å². The third kappa shape index (κ3) is 2.50. The number of hydrogen-bond acceptors (Lipinski definition) is 1. The molecule has 0 aromatic carbocycles. The molecule has 0 aromatic heterocycles. The van der Waals surface area contributed by atoms with Crippen molar-refractivity contribution < 1.29 is 0 Å². The first-order chi connectivity index (χ1) is 5.66. The van der Waals surface area contributed by atoms with Crippen molar-refractivity contribution in [2.24, 2.45) is 16.1 Å². The van der Waals surface area contributed by atoms with E-state index in [1.54, 1.807) is 0 Å². The zero-order valence-corrected chi connectivity index (χ0v) is 8.27. The molecule has 1 rings (SSSR count). The van der Waals surface area contributed by atoms with Gasteiger partial charge in [0.15, 0.2) is 0 Å². The van der Waals surface area contributed by atoms with Crippen molar-refractivity contribution in [2.45, 2.75) is 46.0 Å². The standard InChI is InChI=1S/C10H20N2/c1-3-5-9(11)12-8-10(2)6-4-7-10/h3-8H2,1-2H3,(H2,11,12). The molecule has 0 spiro atoms. The molecule has 0 amide bonds. The Morgan fingerprint density at radius 1 is 1.50 bits per heavy atom. The van der Waals surface area contributed by atoms with Crippen LogP contribution in [0.3, 0.4) is 0 Å². The fourth-order valence-corrected chi connectivity index (χ4v) is 1.57. The highest BCUT2D eigenvalue weighted by atomic mass is 14.9. The normalized spacial score (nSPS) is 22.0. The van der Waals surface area contributed by atoms with E-state index in [0.717, 1.165) is 25.2 Å². The molecule has 0 radical (unpaired) electrons. The van der Waals surface area contributed by atoms with Crippen molar-refractivity contribution in [3.8, 4) is 0 Å². The second-order valence-electron chi connectivity index (χ2n) is 4.22. The van der Waals surface area contributed by atoms with E-state index < -0.39 is 0 Å². The van der Waals surface area contributed by atoms with Crippen molar-refractivity contribution in [3.05, 3.63) is 0 Å². The number of aliphatic imine (C=N–C) groups is 1. The van der Waals surface area contributed by atoms with Crippen LogP contribution < -0.4 is 5.73 Å². The van der Waals surface area contributed by atoms with Crippen LogP contribution in [0.5, 0.6) is 0 Å². The van der Waals surface area contributed by atoms with Crippen LogP contribution in [0.2, 0.25) is 0 Å². The zero-order chi connectivity index (χ0) is 9.03. The number of nitrogens with zero attached hydrogens (tertiary/aromatic N) is 1. The molecule has 0 unspecified atom stereocenters. The van der Waals surface area contributed by atoms with E-state index in [9.17, 15) is 0 Å². The molecular formula is C10H20N2. The van der Waals surface area contributed by atoms with Gasteiger partial charge in [-0.05, 0) is 24.7 Å². The van der Waals surface area contributed by atoms with Crippen LogP contribution in [0, 0.1) is 5.41 Å². The maximum Gasteiger partial charge on any atom is 0.0937 e. The van der Waals surface area contributed by atoms with Gasteiger partial charge in [-0.1, -0.05) is 20.3 Å². The third-order valence-electron chi connectivity index (χ3n) is 2.73. The molecule has 2 nitrogen and oxygen atoms in total. The summed E-state index contributed by atoms with van der Waals surface area (Å²) >= 11 is 0. The Morgan fingerprint density at radius 2 is 2.17 bits per heavy atom. The maximum atomic E-state index is 5.72. The number of nitrogens with two attached hydrogens (primary N) is 1. The summed E-state index contributed by atoms with van der Waals surface area (Å²) in [6.07, 6.45) is 6.09. The highest BCUT2D eigenvalue weighted by molar-refractivity contribution is 5.80. The molecule has 0 aromatic rings. The molecule has 12 heavy (non-hydrogen) atoms. The average Bonchev–Trinajstić information content (AvgIpc) is 1.98. The first-order valence-electron chi connectivity index (χ1n) is 4.95. The summed E-state index contributed by atoms with van der Waals surface area (Å²) in [5.41, 5.74) is 6.20. The average molecular weight is 168 g/mol. The molecule has 1 aliphatic carbocycles. The molecule has 0 atom stereocenters. The highest BCUT2D eigenvalue weighted by Gasteiger charge is 2.31. The van der Waals surface area contributed by atoms with E-state index in [2.05, 4.69) is 18.8 Å². The summed E-state index contributed by atoms with van der Waals surface area (Å²) in [6.45, 7) is 5.38. The predicted molar refractivity (Wildman–Crippen MR) is 53.4 cm³/mol. The molecule has 1 aliphatic rings. The largest absolute Gasteiger partial charge is 0.387 e. The van der Waals surface area contributed by atoms with Gasteiger partial charge < -0.3 is 5.73 Å². The summed E-state index contributed by atoms with van der Waals surface area (Å²) in [6, 6.07) is 0. The van der Waals surface area contributed by atoms with Gasteiger partial charge in [0.1, 0.15) is 0 Å². The van der Waals surface area contributed by atoms with Crippen LogP contribution in [-0.4, -0.2) is 12.4 Å². The SMILES string of the molecule is CCCC(N)=NCC1(C)CCC1. The molecule has 1 fully saturated rings. The molecule has 1 saturated carbocycles. The van der Waals surface area contributed by atoms with Crippen LogP contribution in [0.25, 0.3) is 0 Å². The van der Waals surface area contributed by atoms with Gasteiger partial charge in [0.05, 0.1) is 5.84 Å². The molecular weight excluding hydrogens is 148 g/mol. The lowest BCUT2D eigenvalue weighted by molar-refractivity contribution is 0.174. The van der Waals surface area contributed by atoms with Gasteiger partial charge in [-0.3, -0.25) is 4.99 Å². The first kappa shape index (κ1) is 9.56. The number of rotatable bonds is 4. The second-order valence-corrected chi connectivity index (χ2v) is 4.22. The van der Waals surface area contributed by atoms with E-state index in [0.29, 0.717) is 5.41 Å². The molecule has 0 aliphatic heterocycles. The van der Waals surface area contributed by atoms with E-state index >= 15 is 0 Å². The summed E-state index contributed by atoms with van der Waals surface area (Å²) in [7, 11) is 0. The second kappa shape index (κ2) is 3.92. The smallest absolute Gasteiger partial charge is 0.0937 e. The van der Waals surface area contributed by atoms with Gasteiger partial charge in [0.2, 0.25) is 0 Å². The Labute approximate surface area is 75.3 Å². The molecule has 2 heteroatoms. The summed E-state index contributed by atoms with van der Waals surface area (Å²) in [4.78, 5) is 4.40. The number of hydrogen-bond donors (Lipinski definition) is 1. The van der Waals surface area contributed by atoms with Crippen molar-refractivity contribution in [3.63, 3.8) is 0 Å². The quantitative estimate of drug-likeness (QED) is 0.508. The summed E-state index contributed by atoms with van der Waals surface area (Å²) < 4.78 is 0. The summed E-state index contributed by atoms with van der Waals surface area (Å²) in [5.74, 6) is 0.839. The van der Waals surface area contributed by atoms with Crippen LogP contribution in [0.4, 0.5) is 0 Å². The topological polar surface area (TPSA) is 38.4 Å². The predicted octanol–water partition coefficient (Wildman–Crippen LogP) is 2.33. The molecule has 0 saturated heterocycles. The lowest BCUT2D eigenvalue weighted by Crippen LogP contribution is -2.29. The van der Waals surface area contributed by atoms with E-state index in [1.807, 2.05) is 0 Å². The molecule has 0 heterocycles. The van der Waals surface area contributed by atoms with Crippen molar-refractivity contribution in [1.29, 1.82) is 0 Å². The molecule has 70 valence electrons. The van der Waals surface area contributed by atoms with Crippen molar-refractivity contribution >= 4 is 5.84 Å². The Kier molecular flexibility index (Phi) is 3.12. The fourth-order valence-electron chi connectivity index (χ4n) is 1.57. The molecule has 2 N–H and O–H groups in total. The minimum atomic E-state index is 0.484. The van der Waals surface area contributed by atoms with Gasteiger partial charge >= 0.3 is 0 Å². The highest BCUT2D eigenvalue weighted by Crippen LogP contribution is 2.40. The van der Waals surface area contributed by atoms with Crippen LogP contribution in [0.15, 0.2) is 4.99 Å².